The molecule has 94 valence electrons. The molecule has 1 aromatic carbocycles. The van der Waals surface area contributed by atoms with Gasteiger partial charge in [-0.05, 0) is 25.1 Å². The van der Waals surface area contributed by atoms with E-state index in [0.29, 0.717) is 36.2 Å². The first-order valence-electron chi connectivity index (χ1n) is 5.63. The van der Waals surface area contributed by atoms with Gasteiger partial charge in [0.25, 0.3) is 0 Å². The minimum absolute atomic E-state index is 0.0170. The average molecular weight is 258 g/mol. The molecule has 4 nitrogen and oxygen atoms in total. The van der Waals surface area contributed by atoms with Gasteiger partial charge in [0.2, 0.25) is 0 Å². The van der Waals surface area contributed by atoms with Crippen LogP contribution in [0.2, 0.25) is 5.02 Å². The number of aliphatic hydroxyl groups excluding tert-OH is 1. The molecule has 0 aliphatic carbocycles. The van der Waals surface area contributed by atoms with Crippen molar-refractivity contribution >= 4 is 11.6 Å². The number of nitrogens with one attached hydrogen (secondary N) is 1. The van der Waals surface area contributed by atoms with Crippen molar-refractivity contribution in [1.29, 1.82) is 0 Å². The Morgan fingerprint density at radius 3 is 2.59 bits per heavy atom. The quantitative estimate of drug-likeness (QED) is 0.863. The Balaban J connectivity index is 2.33. The number of hydrogen-bond acceptors (Lipinski definition) is 4. The van der Waals surface area contributed by atoms with Crippen LogP contribution in [-0.4, -0.2) is 32.0 Å². The van der Waals surface area contributed by atoms with Gasteiger partial charge in [0.05, 0.1) is 0 Å². The molecular weight excluding hydrogens is 242 g/mol. The first-order valence-corrected chi connectivity index (χ1v) is 6.01. The summed E-state index contributed by atoms with van der Waals surface area (Å²) in [5.41, 5.74) is 0.924. The molecule has 2 N–H and O–H groups in total. The van der Waals surface area contributed by atoms with Crippen molar-refractivity contribution in [3.8, 4) is 11.5 Å². The molecule has 1 aromatic rings. The van der Waals surface area contributed by atoms with Crippen LogP contribution in [0, 0.1) is 0 Å². The normalized spacial score (nSPS) is 15.7. The van der Waals surface area contributed by atoms with Crippen LogP contribution < -0.4 is 14.8 Å². The fourth-order valence-corrected chi connectivity index (χ4v) is 2.22. The lowest BCUT2D eigenvalue weighted by molar-refractivity contribution is 0.171. The maximum atomic E-state index is 9.02. The second-order valence-electron chi connectivity index (χ2n) is 3.87. The zero-order valence-corrected chi connectivity index (χ0v) is 10.5. The zero-order valence-electron chi connectivity index (χ0n) is 9.70. The Morgan fingerprint density at radius 1 is 1.35 bits per heavy atom. The van der Waals surface area contributed by atoms with E-state index in [9.17, 15) is 0 Å². The molecular formula is C12H16ClNO3. The van der Waals surface area contributed by atoms with Gasteiger partial charge < -0.3 is 19.9 Å². The highest BCUT2D eigenvalue weighted by Gasteiger charge is 2.19. The van der Waals surface area contributed by atoms with E-state index in [1.165, 1.54) is 0 Å². The van der Waals surface area contributed by atoms with Crippen LogP contribution in [0.4, 0.5) is 0 Å². The van der Waals surface area contributed by atoms with E-state index in [0.717, 1.165) is 5.56 Å². The second-order valence-corrected chi connectivity index (χ2v) is 4.28. The number of fused-ring (bicyclic) bond motifs is 1. The molecule has 0 saturated carbocycles. The predicted octanol–water partition coefficient (Wildman–Crippen LogP) is 1.75. The van der Waals surface area contributed by atoms with Crippen LogP contribution in [0.1, 0.15) is 18.0 Å². The largest absolute Gasteiger partial charge is 0.486 e. The standard InChI is InChI=1S/C12H16ClNO3/c1-14-10(2-3-15)8-6-11-12(7-9(8)13)17-5-4-16-11/h6-7,10,14-15H,2-5H2,1H3. The molecule has 0 saturated heterocycles. The third-order valence-electron chi connectivity index (χ3n) is 2.80. The number of aliphatic hydroxyl groups is 1. The highest BCUT2D eigenvalue weighted by Crippen LogP contribution is 2.38. The molecule has 2 rings (SSSR count). The number of rotatable bonds is 4. The third-order valence-corrected chi connectivity index (χ3v) is 3.13. The fraction of sp³-hybridized carbons (Fsp3) is 0.500. The molecule has 1 aliphatic heterocycles. The van der Waals surface area contributed by atoms with Crippen LogP contribution in [0.25, 0.3) is 0 Å². The fourth-order valence-electron chi connectivity index (χ4n) is 1.93. The van der Waals surface area contributed by atoms with Crippen LogP contribution in [0.3, 0.4) is 0 Å². The van der Waals surface area contributed by atoms with Crippen LogP contribution in [0.5, 0.6) is 11.5 Å². The van der Waals surface area contributed by atoms with Crippen LogP contribution in [-0.2, 0) is 0 Å². The molecule has 1 aliphatic rings. The van der Waals surface area contributed by atoms with Gasteiger partial charge in [-0.25, -0.2) is 0 Å². The number of ether oxygens (including phenoxy) is 2. The Kier molecular flexibility index (Phi) is 4.10. The lowest BCUT2D eigenvalue weighted by atomic mass is 10.0. The van der Waals surface area contributed by atoms with Gasteiger partial charge in [-0.15, -0.1) is 0 Å². The van der Waals surface area contributed by atoms with Crippen molar-refractivity contribution in [3.63, 3.8) is 0 Å². The maximum Gasteiger partial charge on any atom is 0.162 e. The average Bonchev–Trinajstić information content (AvgIpc) is 2.35. The lowest BCUT2D eigenvalue weighted by Gasteiger charge is -2.23. The molecule has 0 fully saturated rings. The Morgan fingerprint density at radius 2 is 2.00 bits per heavy atom. The Bertz CT molecular complexity index is 398. The van der Waals surface area contributed by atoms with Gasteiger partial charge in [-0.3, -0.25) is 0 Å². The molecule has 1 atom stereocenters. The molecule has 5 heteroatoms. The molecule has 1 unspecified atom stereocenters. The molecule has 0 bridgehead atoms. The van der Waals surface area contributed by atoms with Crippen molar-refractivity contribution < 1.29 is 14.6 Å². The number of benzene rings is 1. The van der Waals surface area contributed by atoms with Gasteiger partial charge >= 0.3 is 0 Å². The summed E-state index contributed by atoms with van der Waals surface area (Å²) in [6, 6.07) is 3.67. The van der Waals surface area contributed by atoms with Crippen molar-refractivity contribution in [2.45, 2.75) is 12.5 Å². The van der Waals surface area contributed by atoms with E-state index < -0.39 is 0 Å². The minimum atomic E-state index is 0.0170. The molecule has 0 aromatic heterocycles. The lowest BCUT2D eigenvalue weighted by Crippen LogP contribution is -2.20. The van der Waals surface area contributed by atoms with Crippen LogP contribution >= 0.6 is 11.6 Å². The smallest absolute Gasteiger partial charge is 0.162 e. The number of hydrogen-bond donors (Lipinski definition) is 2. The summed E-state index contributed by atoms with van der Waals surface area (Å²) in [5, 5.41) is 12.8. The summed E-state index contributed by atoms with van der Waals surface area (Å²) >= 11 is 6.21. The zero-order chi connectivity index (χ0) is 12.3. The summed E-state index contributed by atoms with van der Waals surface area (Å²) in [5.74, 6) is 1.40. The monoisotopic (exact) mass is 257 g/mol. The summed E-state index contributed by atoms with van der Waals surface area (Å²) in [6.07, 6.45) is 0.607. The summed E-state index contributed by atoms with van der Waals surface area (Å²) in [7, 11) is 1.84. The van der Waals surface area contributed by atoms with Gasteiger partial charge in [0.1, 0.15) is 13.2 Å². The highest BCUT2D eigenvalue weighted by molar-refractivity contribution is 6.31. The van der Waals surface area contributed by atoms with E-state index in [1.807, 2.05) is 13.1 Å². The van der Waals surface area contributed by atoms with Gasteiger partial charge in [0, 0.05) is 23.7 Å². The topological polar surface area (TPSA) is 50.7 Å². The van der Waals surface area contributed by atoms with E-state index in [-0.39, 0.29) is 12.6 Å². The molecule has 17 heavy (non-hydrogen) atoms. The SMILES string of the molecule is CNC(CCO)c1cc2c(cc1Cl)OCCO2. The van der Waals surface area contributed by atoms with E-state index in [2.05, 4.69) is 5.32 Å². The minimum Gasteiger partial charge on any atom is -0.486 e. The van der Waals surface area contributed by atoms with Gasteiger partial charge in [0.15, 0.2) is 11.5 Å². The van der Waals surface area contributed by atoms with E-state index in [1.54, 1.807) is 6.07 Å². The first kappa shape index (κ1) is 12.5. The highest BCUT2D eigenvalue weighted by atomic mass is 35.5. The predicted molar refractivity (Wildman–Crippen MR) is 65.9 cm³/mol. The second kappa shape index (κ2) is 5.58. The van der Waals surface area contributed by atoms with Crippen molar-refractivity contribution in [2.24, 2.45) is 0 Å². The van der Waals surface area contributed by atoms with Crippen molar-refractivity contribution in [2.75, 3.05) is 26.9 Å². The van der Waals surface area contributed by atoms with Crippen molar-refractivity contribution in [1.82, 2.24) is 5.32 Å². The van der Waals surface area contributed by atoms with E-state index in [4.69, 9.17) is 26.2 Å². The van der Waals surface area contributed by atoms with Crippen molar-refractivity contribution in [3.05, 3.63) is 22.7 Å². The van der Waals surface area contributed by atoms with Gasteiger partial charge in [-0.1, -0.05) is 11.6 Å². The Hall–Kier alpha value is -0.970. The summed E-state index contributed by atoms with van der Waals surface area (Å²) < 4.78 is 11.0. The first-order chi connectivity index (χ1) is 8.26. The Labute approximate surface area is 105 Å². The molecule has 0 amide bonds. The van der Waals surface area contributed by atoms with Gasteiger partial charge in [-0.2, -0.15) is 0 Å². The number of halogens is 1. The van der Waals surface area contributed by atoms with E-state index >= 15 is 0 Å². The third kappa shape index (κ3) is 2.65. The maximum absolute atomic E-state index is 9.02. The summed E-state index contributed by atoms with van der Waals surface area (Å²) in [6.45, 7) is 1.21. The molecule has 0 spiro atoms. The van der Waals surface area contributed by atoms with Crippen LogP contribution in [0.15, 0.2) is 12.1 Å². The summed E-state index contributed by atoms with van der Waals surface area (Å²) in [4.78, 5) is 0. The molecule has 1 heterocycles. The molecule has 0 radical (unpaired) electrons.